The Morgan fingerprint density at radius 3 is 2.40 bits per heavy atom. The fraction of sp³-hybridized carbons (Fsp3) is 0.0667. The van der Waals surface area contributed by atoms with Gasteiger partial charge in [0.25, 0.3) is 0 Å². The number of hydrogen-bond acceptors (Lipinski definition) is 4. The first kappa shape index (κ1) is 12.2. The Labute approximate surface area is 115 Å². The second-order valence-corrected chi connectivity index (χ2v) is 4.39. The fourth-order valence-electron chi connectivity index (χ4n) is 2.02. The Balaban J connectivity index is 1.83. The van der Waals surface area contributed by atoms with Crippen LogP contribution in [0.1, 0.15) is 21.6 Å². The van der Waals surface area contributed by atoms with Crippen molar-refractivity contribution in [2.75, 3.05) is 0 Å². The lowest BCUT2D eigenvalue weighted by Gasteiger charge is -2.05. The van der Waals surface area contributed by atoms with Crippen LogP contribution in [0.5, 0.6) is 0 Å². The molecule has 0 spiro atoms. The summed E-state index contributed by atoms with van der Waals surface area (Å²) >= 11 is 0. The van der Waals surface area contributed by atoms with Crippen LogP contribution in [0.2, 0.25) is 0 Å². The zero-order valence-corrected chi connectivity index (χ0v) is 10.7. The van der Waals surface area contributed by atoms with Crippen LogP contribution in [0.25, 0.3) is 5.69 Å². The highest BCUT2D eigenvalue weighted by atomic mass is 16.1. The van der Waals surface area contributed by atoms with E-state index in [4.69, 9.17) is 0 Å². The third kappa shape index (κ3) is 2.47. The van der Waals surface area contributed by atoms with E-state index in [1.165, 1.54) is 22.0 Å². The largest absolute Gasteiger partial charge is 0.296 e. The lowest BCUT2D eigenvalue weighted by atomic mass is 10.1. The Morgan fingerprint density at radius 1 is 1.00 bits per heavy atom. The van der Waals surface area contributed by atoms with E-state index in [1.54, 1.807) is 12.4 Å². The van der Waals surface area contributed by atoms with Gasteiger partial charge in [-0.2, -0.15) is 0 Å². The summed E-state index contributed by atoms with van der Waals surface area (Å²) in [5.74, 6) is 0. The van der Waals surface area contributed by atoms with Gasteiger partial charge in [-0.3, -0.25) is 9.78 Å². The first-order valence-electron chi connectivity index (χ1n) is 6.21. The maximum absolute atomic E-state index is 10.9. The number of hydrogen-bond donors (Lipinski definition) is 0. The Kier molecular flexibility index (Phi) is 3.33. The number of aldehydes is 1. The molecule has 2 heterocycles. The van der Waals surface area contributed by atoms with Crippen molar-refractivity contribution in [1.29, 1.82) is 0 Å². The zero-order valence-electron chi connectivity index (χ0n) is 10.7. The van der Waals surface area contributed by atoms with Crippen molar-refractivity contribution in [3.05, 3.63) is 71.8 Å². The molecule has 0 fully saturated rings. The number of benzene rings is 1. The molecule has 5 heteroatoms. The van der Waals surface area contributed by atoms with Gasteiger partial charge >= 0.3 is 0 Å². The number of pyridine rings is 1. The van der Waals surface area contributed by atoms with Gasteiger partial charge in [0.05, 0.1) is 11.9 Å². The number of rotatable bonds is 4. The lowest BCUT2D eigenvalue weighted by molar-refractivity contribution is 0.111. The van der Waals surface area contributed by atoms with E-state index in [-0.39, 0.29) is 0 Å². The van der Waals surface area contributed by atoms with Gasteiger partial charge in [0.1, 0.15) is 5.69 Å². The van der Waals surface area contributed by atoms with Gasteiger partial charge in [0, 0.05) is 12.4 Å². The van der Waals surface area contributed by atoms with Crippen LogP contribution in [0, 0.1) is 0 Å². The third-order valence-corrected chi connectivity index (χ3v) is 3.03. The minimum atomic E-state index is 0.437. The molecule has 0 N–H and O–H groups in total. The SMILES string of the molecule is O=Cc1cnnn1-c1ccc(Cc2ccncc2)cc1. The molecular weight excluding hydrogens is 252 g/mol. The molecule has 0 saturated carbocycles. The molecule has 3 aromatic rings. The number of carbonyl (C=O) groups is 1. The summed E-state index contributed by atoms with van der Waals surface area (Å²) < 4.78 is 1.52. The van der Waals surface area contributed by atoms with Crippen molar-refractivity contribution in [3.63, 3.8) is 0 Å². The molecular formula is C15H12N4O. The van der Waals surface area contributed by atoms with Gasteiger partial charge in [0.15, 0.2) is 6.29 Å². The zero-order chi connectivity index (χ0) is 13.8. The van der Waals surface area contributed by atoms with E-state index in [2.05, 4.69) is 15.3 Å². The smallest absolute Gasteiger partial charge is 0.170 e. The van der Waals surface area contributed by atoms with Crippen molar-refractivity contribution in [3.8, 4) is 5.69 Å². The number of carbonyl (C=O) groups excluding carboxylic acids is 1. The van der Waals surface area contributed by atoms with Crippen LogP contribution in [0.3, 0.4) is 0 Å². The Hall–Kier alpha value is -2.82. The second-order valence-electron chi connectivity index (χ2n) is 4.39. The normalized spacial score (nSPS) is 10.4. The van der Waals surface area contributed by atoms with E-state index >= 15 is 0 Å². The van der Waals surface area contributed by atoms with Gasteiger partial charge < -0.3 is 0 Å². The van der Waals surface area contributed by atoms with Crippen molar-refractivity contribution >= 4 is 6.29 Å². The molecule has 20 heavy (non-hydrogen) atoms. The molecule has 0 aliphatic carbocycles. The number of aromatic nitrogens is 4. The summed E-state index contributed by atoms with van der Waals surface area (Å²) in [6.07, 6.45) is 6.61. The summed E-state index contributed by atoms with van der Waals surface area (Å²) in [6.45, 7) is 0. The fourth-order valence-corrected chi connectivity index (χ4v) is 2.02. The molecule has 0 aliphatic rings. The van der Waals surface area contributed by atoms with E-state index < -0.39 is 0 Å². The average Bonchev–Trinajstić information content (AvgIpc) is 2.98. The summed E-state index contributed by atoms with van der Waals surface area (Å²) in [4.78, 5) is 14.9. The first-order valence-corrected chi connectivity index (χ1v) is 6.21. The van der Waals surface area contributed by atoms with Crippen molar-refractivity contribution in [2.24, 2.45) is 0 Å². The highest BCUT2D eigenvalue weighted by Crippen LogP contribution is 2.13. The minimum absolute atomic E-state index is 0.437. The average molecular weight is 264 g/mol. The Morgan fingerprint density at radius 2 is 1.70 bits per heavy atom. The molecule has 0 atom stereocenters. The summed E-state index contributed by atoms with van der Waals surface area (Å²) in [5, 5.41) is 7.63. The maximum atomic E-state index is 10.9. The predicted octanol–water partition coefficient (Wildman–Crippen LogP) is 2.07. The molecule has 0 unspecified atom stereocenters. The van der Waals surface area contributed by atoms with Crippen LogP contribution in [0.4, 0.5) is 0 Å². The van der Waals surface area contributed by atoms with Crippen LogP contribution in [-0.4, -0.2) is 26.3 Å². The van der Waals surface area contributed by atoms with Crippen molar-refractivity contribution < 1.29 is 4.79 Å². The molecule has 1 aromatic carbocycles. The van der Waals surface area contributed by atoms with E-state index in [1.807, 2.05) is 36.4 Å². The predicted molar refractivity (Wildman–Crippen MR) is 73.8 cm³/mol. The topological polar surface area (TPSA) is 60.7 Å². The van der Waals surface area contributed by atoms with Crippen molar-refractivity contribution in [2.45, 2.75) is 6.42 Å². The standard InChI is InChI=1S/C15H12N4O/c20-11-15-10-17-18-19(15)14-3-1-12(2-4-14)9-13-5-7-16-8-6-13/h1-8,10-11H,9H2. The molecule has 0 bridgehead atoms. The van der Waals surface area contributed by atoms with Gasteiger partial charge in [-0.25, -0.2) is 4.68 Å². The summed E-state index contributed by atoms with van der Waals surface area (Å²) in [6, 6.07) is 11.9. The van der Waals surface area contributed by atoms with Crippen LogP contribution >= 0.6 is 0 Å². The van der Waals surface area contributed by atoms with Gasteiger partial charge in [-0.1, -0.05) is 17.3 Å². The monoisotopic (exact) mass is 264 g/mol. The molecule has 3 rings (SSSR count). The van der Waals surface area contributed by atoms with Gasteiger partial charge in [-0.05, 0) is 41.8 Å². The maximum Gasteiger partial charge on any atom is 0.170 e. The van der Waals surface area contributed by atoms with Crippen LogP contribution < -0.4 is 0 Å². The summed E-state index contributed by atoms with van der Waals surface area (Å²) in [5.41, 5.74) is 3.66. The lowest BCUT2D eigenvalue weighted by Crippen LogP contribution is -2.01. The van der Waals surface area contributed by atoms with Gasteiger partial charge in [0.2, 0.25) is 0 Å². The van der Waals surface area contributed by atoms with E-state index in [0.29, 0.717) is 5.69 Å². The third-order valence-electron chi connectivity index (χ3n) is 3.03. The van der Waals surface area contributed by atoms with Crippen molar-refractivity contribution in [1.82, 2.24) is 20.0 Å². The van der Waals surface area contributed by atoms with Gasteiger partial charge in [-0.15, -0.1) is 5.10 Å². The first-order chi connectivity index (χ1) is 9.86. The minimum Gasteiger partial charge on any atom is -0.296 e. The molecule has 0 radical (unpaired) electrons. The quantitative estimate of drug-likeness (QED) is 0.677. The highest BCUT2D eigenvalue weighted by molar-refractivity contribution is 5.72. The van der Waals surface area contributed by atoms with Crippen LogP contribution in [-0.2, 0) is 6.42 Å². The molecule has 2 aromatic heterocycles. The summed E-state index contributed by atoms with van der Waals surface area (Å²) in [7, 11) is 0. The molecule has 0 saturated heterocycles. The number of nitrogens with zero attached hydrogens (tertiary/aromatic N) is 4. The molecule has 0 aliphatic heterocycles. The van der Waals surface area contributed by atoms with E-state index in [9.17, 15) is 4.79 Å². The highest BCUT2D eigenvalue weighted by Gasteiger charge is 2.05. The molecule has 98 valence electrons. The second kappa shape index (κ2) is 5.44. The van der Waals surface area contributed by atoms with Crippen LogP contribution in [0.15, 0.2) is 55.0 Å². The molecule has 0 amide bonds. The molecule has 5 nitrogen and oxygen atoms in total. The van der Waals surface area contributed by atoms with E-state index in [0.717, 1.165) is 18.4 Å². The Bertz CT molecular complexity index is 704.